The summed E-state index contributed by atoms with van der Waals surface area (Å²) in [6.07, 6.45) is 4.21. The summed E-state index contributed by atoms with van der Waals surface area (Å²) >= 11 is 0. The molecule has 0 aliphatic carbocycles. The van der Waals surface area contributed by atoms with Gasteiger partial charge in [-0.05, 0) is 44.2 Å². The van der Waals surface area contributed by atoms with Gasteiger partial charge in [0.15, 0.2) is 11.5 Å². The number of pyridine rings is 1. The first-order valence-electron chi connectivity index (χ1n) is 8.01. The lowest BCUT2D eigenvalue weighted by molar-refractivity contribution is 0.0953. The number of hydrogen-bond acceptors (Lipinski definition) is 5. The van der Waals surface area contributed by atoms with Gasteiger partial charge in [0, 0.05) is 30.1 Å². The Kier molecular flexibility index (Phi) is 12.2. The summed E-state index contributed by atoms with van der Waals surface area (Å²) in [6.45, 7) is 3.86. The third-order valence-electron chi connectivity index (χ3n) is 3.29. The van der Waals surface area contributed by atoms with E-state index in [1.54, 1.807) is 30.6 Å². The van der Waals surface area contributed by atoms with Crippen molar-refractivity contribution in [2.45, 2.75) is 20.0 Å². The first-order chi connectivity index (χ1) is 11.7. The molecule has 144 valence electrons. The fraction of sp³-hybridized carbons (Fsp3) is 0.333. The van der Waals surface area contributed by atoms with Crippen LogP contribution >= 0.6 is 24.8 Å². The molecule has 6 nitrogen and oxygen atoms in total. The molecular formula is C18H25Cl2N3O3. The molecule has 0 fully saturated rings. The molecule has 8 heteroatoms. The van der Waals surface area contributed by atoms with Gasteiger partial charge in [-0.2, -0.15) is 0 Å². The van der Waals surface area contributed by atoms with E-state index in [0.717, 1.165) is 12.0 Å². The van der Waals surface area contributed by atoms with Crippen molar-refractivity contribution < 1.29 is 14.3 Å². The van der Waals surface area contributed by atoms with Crippen LogP contribution < -0.4 is 20.5 Å². The van der Waals surface area contributed by atoms with Crippen molar-refractivity contribution in [1.82, 2.24) is 10.3 Å². The number of nitrogens with zero attached hydrogens (tertiary/aromatic N) is 1. The maximum Gasteiger partial charge on any atom is 0.251 e. The minimum Gasteiger partial charge on any atom is -0.490 e. The smallest absolute Gasteiger partial charge is 0.251 e. The lowest BCUT2D eigenvalue weighted by Gasteiger charge is -2.13. The van der Waals surface area contributed by atoms with E-state index in [9.17, 15) is 4.79 Å². The van der Waals surface area contributed by atoms with Crippen LogP contribution in [-0.2, 0) is 6.61 Å². The number of hydrogen-bond donors (Lipinski definition) is 2. The van der Waals surface area contributed by atoms with Gasteiger partial charge >= 0.3 is 0 Å². The van der Waals surface area contributed by atoms with Crippen molar-refractivity contribution in [3.05, 3.63) is 53.9 Å². The predicted molar refractivity (Wildman–Crippen MR) is 107 cm³/mol. The monoisotopic (exact) mass is 401 g/mol. The first kappa shape index (κ1) is 24.0. The molecule has 2 rings (SSSR count). The lowest BCUT2D eigenvalue weighted by Crippen LogP contribution is -2.25. The summed E-state index contributed by atoms with van der Waals surface area (Å²) in [4.78, 5) is 16.2. The summed E-state index contributed by atoms with van der Waals surface area (Å²) in [5.74, 6) is 0.996. The first-order valence-corrected chi connectivity index (χ1v) is 8.01. The largest absolute Gasteiger partial charge is 0.490 e. The molecular weight excluding hydrogens is 377 g/mol. The highest BCUT2D eigenvalue weighted by Crippen LogP contribution is 2.29. The normalized spacial score (nSPS) is 9.46. The molecule has 1 amide bonds. The zero-order valence-corrected chi connectivity index (χ0v) is 16.3. The topological polar surface area (TPSA) is 86.5 Å². The van der Waals surface area contributed by atoms with Gasteiger partial charge in [0.25, 0.3) is 5.91 Å². The van der Waals surface area contributed by atoms with Gasteiger partial charge in [-0.3, -0.25) is 9.78 Å². The molecule has 1 heterocycles. The second kappa shape index (κ2) is 13.2. The van der Waals surface area contributed by atoms with Crippen LogP contribution in [0, 0.1) is 0 Å². The molecule has 0 aliphatic rings. The SMILES string of the molecule is CCOc1cc(C(=O)NCCCN)ccc1OCc1cccnc1.Cl.Cl. The number of amides is 1. The predicted octanol–water partition coefficient (Wildman–Crippen LogP) is 2.98. The van der Waals surface area contributed by atoms with Gasteiger partial charge < -0.3 is 20.5 Å². The Bertz CT molecular complexity index is 657. The molecule has 0 saturated carbocycles. The zero-order valence-electron chi connectivity index (χ0n) is 14.6. The van der Waals surface area contributed by atoms with Crippen molar-refractivity contribution in [1.29, 1.82) is 0 Å². The summed E-state index contributed by atoms with van der Waals surface area (Å²) in [5.41, 5.74) is 6.92. The molecule has 1 aromatic carbocycles. The fourth-order valence-electron chi connectivity index (χ4n) is 2.09. The molecule has 0 unspecified atom stereocenters. The van der Waals surface area contributed by atoms with Crippen molar-refractivity contribution in [2.75, 3.05) is 19.7 Å². The van der Waals surface area contributed by atoms with Gasteiger partial charge in [0.1, 0.15) is 6.61 Å². The van der Waals surface area contributed by atoms with Crippen LogP contribution in [0.2, 0.25) is 0 Å². The Morgan fingerprint density at radius 1 is 1.19 bits per heavy atom. The lowest BCUT2D eigenvalue weighted by atomic mass is 10.2. The Morgan fingerprint density at radius 2 is 2.00 bits per heavy atom. The third-order valence-corrected chi connectivity index (χ3v) is 3.29. The average Bonchev–Trinajstić information content (AvgIpc) is 2.62. The summed E-state index contributed by atoms with van der Waals surface area (Å²) in [5, 5.41) is 2.82. The molecule has 26 heavy (non-hydrogen) atoms. The standard InChI is InChI=1S/C18H23N3O3.2ClH/c1-2-23-17-11-15(18(22)21-10-4-8-19)6-7-16(17)24-13-14-5-3-9-20-12-14;;/h3,5-7,9,11-12H,2,4,8,10,13,19H2,1H3,(H,21,22);2*1H. The molecule has 0 atom stereocenters. The van der Waals surface area contributed by atoms with Crippen LogP contribution in [0.3, 0.4) is 0 Å². The van der Waals surface area contributed by atoms with E-state index in [-0.39, 0.29) is 30.7 Å². The Balaban J connectivity index is 0.00000312. The number of aromatic nitrogens is 1. The maximum atomic E-state index is 12.1. The zero-order chi connectivity index (χ0) is 17.2. The Morgan fingerprint density at radius 3 is 2.65 bits per heavy atom. The Hall–Kier alpha value is -2.02. The van der Waals surface area contributed by atoms with Crippen molar-refractivity contribution in [2.24, 2.45) is 5.73 Å². The van der Waals surface area contributed by atoms with E-state index >= 15 is 0 Å². The van der Waals surface area contributed by atoms with Crippen molar-refractivity contribution in [3.8, 4) is 11.5 Å². The number of ether oxygens (including phenoxy) is 2. The molecule has 2 aromatic rings. The number of rotatable bonds is 9. The highest BCUT2D eigenvalue weighted by atomic mass is 35.5. The minimum atomic E-state index is -0.150. The molecule has 3 N–H and O–H groups in total. The van der Waals surface area contributed by atoms with Crippen LogP contribution in [0.1, 0.15) is 29.3 Å². The van der Waals surface area contributed by atoms with Gasteiger partial charge in [-0.1, -0.05) is 6.07 Å². The fourth-order valence-corrected chi connectivity index (χ4v) is 2.09. The van der Waals surface area contributed by atoms with Crippen molar-refractivity contribution in [3.63, 3.8) is 0 Å². The van der Waals surface area contributed by atoms with E-state index in [1.165, 1.54) is 0 Å². The van der Waals surface area contributed by atoms with Crippen LogP contribution in [0.5, 0.6) is 11.5 Å². The number of benzene rings is 1. The quantitative estimate of drug-likeness (QED) is 0.630. The van der Waals surface area contributed by atoms with Crippen LogP contribution in [-0.4, -0.2) is 30.6 Å². The van der Waals surface area contributed by atoms with E-state index in [1.807, 2.05) is 19.1 Å². The molecule has 1 aromatic heterocycles. The summed E-state index contributed by atoms with van der Waals surface area (Å²) in [6, 6.07) is 8.96. The van der Waals surface area contributed by atoms with Crippen LogP contribution in [0.4, 0.5) is 0 Å². The molecule has 0 aliphatic heterocycles. The molecule has 0 bridgehead atoms. The van der Waals surface area contributed by atoms with E-state index in [0.29, 0.717) is 43.4 Å². The van der Waals surface area contributed by atoms with E-state index in [2.05, 4.69) is 10.3 Å². The van der Waals surface area contributed by atoms with Crippen LogP contribution in [0.25, 0.3) is 0 Å². The molecule has 0 saturated heterocycles. The average molecular weight is 402 g/mol. The highest BCUT2D eigenvalue weighted by Gasteiger charge is 2.11. The molecule has 0 radical (unpaired) electrons. The van der Waals surface area contributed by atoms with Gasteiger partial charge in [0.2, 0.25) is 0 Å². The number of halogens is 2. The molecule has 0 spiro atoms. The number of nitrogens with one attached hydrogen (secondary N) is 1. The van der Waals surface area contributed by atoms with Gasteiger partial charge in [-0.25, -0.2) is 0 Å². The number of nitrogens with two attached hydrogens (primary N) is 1. The second-order valence-corrected chi connectivity index (χ2v) is 5.14. The van der Waals surface area contributed by atoms with Crippen LogP contribution in [0.15, 0.2) is 42.7 Å². The summed E-state index contributed by atoms with van der Waals surface area (Å²) < 4.78 is 11.4. The van der Waals surface area contributed by atoms with E-state index in [4.69, 9.17) is 15.2 Å². The van der Waals surface area contributed by atoms with E-state index < -0.39 is 0 Å². The minimum absolute atomic E-state index is 0. The van der Waals surface area contributed by atoms with Crippen molar-refractivity contribution >= 4 is 30.7 Å². The van der Waals surface area contributed by atoms with Gasteiger partial charge in [-0.15, -0.1) is 24.8 Å². The second-order valence-electron chi connectivity index (χ2n) is 5.14. The third kappa shape index (κ3) is 7.47. The van der Waals surface area contributed by atoms with Gasteiger partial charge in [0.05, 0.1) is 6.61 Å². The highest BCUT2D eigenvalue weighted by molar-refractivity contribution is 5.94. The number of carbonyl (C=O) groups excluding carboxylic acids is 1. The maximum absolute atomic E-state index is 12.1. The number of carbonyl (C=O) groups is 1. The summed E-state index contributed by atoms with van der Waals surface area (Å²) in [7, 11) is 0. The Labute approximate surface area is 166 Å².